The fraction of sp³-hybridized carbons (Fsp3) is 0.429. The fourth-order valence-electron chi connectivity index (χ4n) is 2.22. The summed E-state index contributed by atoms with van der Waals surface area (Å²) in [5, 5.41) is 19.8. The lowest BCUT2D eigenvalue weighted by Gasteiger charge is -2.19. The minimum atomic E-state index is -0.633. The lowest BCUT2D eigenvalue weighted by molar-refractivity contribution is -0.139. The van der Waals surface area contributed by atoms with Crippen molar-refractivity contribution in [2.24, 2.45) is 0 Å². The molecule has 1 saturated heterocycles. The summed E-state index contributed by atoms with van der Waals surface area (Å²) >= 11 is 0. The van der Waals surface area contributed by atoms with Gasteiger partial charge in [-0.3, -0.25) is 5.41 Å². The molecular weight excluding hydrogens is 242 g/mol. The fourth-order valence-corrected chi connectivity index (χ4v) is 2.22. The zero-order valence-electron chi connectivity index (χ0n) is 11.3. The summed E-state index contributed by atoms with van der Waals surface area (Å²) in [5.74, 6) is -0.633. The summed E-state index contributed by atoms with van der Waals surface area (Å²) in [4.78, 5) is 0. The van der Waals surface area contributed by atoms with Crippen molar-refractivity contribution in [3.8, 4) is 6.07 Å². The molecule has 0 amide bonds. The lowest BCUT2D eigenvalue weighted by atomic mass is 9.97. The lowest BCUT2D eigenvalue weighted by Crippen LogP contribution is -2.20. The summed E-state index contributed by atoms with van der Waals surface area (Å²) < 4.78 is 11.4. The molecule has 5 heteroatoms. The van der Waals surface area contributed by atoms with E-state index in [1.165, 1.54) is 0 Å². The number of hydrogen-bond acceptors (Lipinski definition) is 5. The molecule has 1 unspecified atom stereocenters. The normalized spacial score (nSPS) is 20.8. The maximum atomic E-state index is 9.00. The highest BCUT2D eigenvalue weighted by atomic mass is 16.7. The SMILES string of the molecule is CNc1cccc(C2COC(C)(C)O2)c1C(=N)C#N. The van der Waals surface area contributed by atoms with E-state index in [0.717, 1.165) is 11.3 Å². The molecule has 1 aliphatic heterocycles. The molecule has 1 heterocycles. The van der Waals surface area contributed by atoms with Crippen molar-refractivity contribution in [3.05, 3.63) is 29.3 Å². The quantitative estimate of drug-likeness (QED) is 0.817. The highest BCUT2D eigenvalue weighted by Crippen LogP contribution is 2.36. The Labute approximate surface area is 112 Å². The van der Waals surface area contributed by atoms with Gasteiger partial charge in [0.05, 0.1) is 6.61 Å². The summed E-state index contributed by atoms with van der Waals surface area (Å²) in [6.07, 6.45) is -0.257. The highest BCUT2D eigenvalue weighted by Gasteiger charge is 2.35. The smallest absolute Gasteiger partial charge is 0.163 e. The number of nitrogens with zero attached hydrogens (tertiary/aromatic N) is 1. The Kier molecular flexibility index (Phi) is 3.56. The first-order valence-corrected chi connectivity index (χ1v) is 6.10. The second kappa shape index (κ2) is 5.00. The van der Waals surface area contributed by atoms with Crippen molar-refractivity contribution < 1.29 is 9.47 Å². The van der Waals surface area contributed by atoms with Crippen LogP contribution in [0.3, 0.4) is 0 Å². The number of rotatable bonds is 3. The molecule has 0 bridgehead atoms. The highest BCUT2D eigenvalue weighted by molar-refractivity contribution is 6.14. The first kappa shape index (κ1) is 13.5. The number of ether oxygens (including phenoxy) is 2. The molecule has 1 aromatic rings. The minimum absolute atomic E-state index is 0.0757. The molecule has 100 valence electrons. The van der Waals surface area contributed by atoms with Gasteiger partial charge < -0.3 is 14.8 Å². The van der Waals surface area contributed by atoms with Crippen LogP contribution < -0.4 is 5.32 Å². The summed E-state index contributed by atoms with van der Waals surface area (Å²) in [7, 11) is 1.77. The van der Waals surface area contributed by atoms with Crippen molar-refractivity contribution in [2.45, 2.75) is 25.7 Å². The standard InChI is InChI=1S/C14H17N3O2/c1-14(2)18-8-12(19-14)9-5-4-6-11(17-3)13(9)10(16)7-15/h4-6,12,16-17H,8H2,1-3H3. The molecule has 1 fully saturated rings. The zero-order valence-corrected chi connectivity index (χ0v) is 11.3. The van der Waals surface area contributed by atoms with Crippen LogP contribution in [0.25, 0.3) is 0 Å². The van der Waals surface area contributed by atoms with E-state index in [2.05, 4.69) is 5.32 Å². The van der Waals surface area contributed by atoms with Crippen LogP contribution in [-0.4, -0.2) is 25.2 Å². The van der Waals surface area contributed by atoms with Gasteiger partial charge in [-0.25, -0.2) is 0 Å². The van der Waals surface area contributed by atoms with Gasteiger partial charge >= 0.3 is 0 Å². The molecule has 2 N–H and O–H groups in total. The average molecular weight is 259 g/mol. The van der Waals surface area contributed by atoms with Crippen LogP contribution in [-0.2, 0) is 9.47 Å². The average Bonchev–Trinajstić information content (AvgIpc) is 2.77. The zero-order chi connectivity index (χ0) is 14.0. The Balaban J connectivity index is 2.46. The largest absolute Gasteiger partial charge is 0.388 e. The molecule has 5 nitrogen and oxygen atoms in total. The third kappa shape index (κ3) is 2.60. The number of anilines is 1. The van der Waals surface area contributed by atoms with Crippen molar-refractivity contribution >= 4 is 11.4 Å². The van der Waals surface area contributed by atoms with E-state index >= 15 is 0 Å². The molecule has 1 aromatic carbocycles. The molecular formula is C14H17N3O2. The molecule has 0 spiro atoms. The van der Waals surface area contributed by atoms with Crippen LogP contribution in [0.2, 0.25) is 0 Å². The Bertz CT molecular complexity index is 546. The Hall–Kier alpha value is -1.90. The molecule has 0 radical (unpaired) electrons. The summed E-state index contributed by atoms with van der Waals surface area (Å²) in [5.41, 5.74) is 2.06. The molecule has 19 heavy (non-hydrogen) atoms. The maximum Gasteiger partial charge on any atom is 0.163 e. The van der Waals surface area contributed by atoms with Gasteiger partial charge in [0.1, 0.15) is 17.9 Å². The van der Waals surface area contributed by atoms with Crippen LogP contribution in [0.4, 0.5) is 5.69 Å². The van der Waals surface area contributed by atoms with Crippen LogP contribution in [0.15, 0.2) is 18.2 Å². The molecule has 2 rings (SSSR count). The topological polar surface area (TPSA) is 78.1 Å². The van der Waals surface area contributed by atoms with E-state index in [0.29, 0.717) is 12.2 Å². The van der Waals surface area contributed by atoms with E-state index in [1.807, 2.05) is 38.1 Å². The van der Waals surface area contributed by atoms with Crippen molar-refractivity contribution in [3.63, 3.8) is 0 Å². The first-order chi connectivity index (χ1) is 8.98. The van der Waals surface area contributed by atoms with Crippen LogP contribution >= 0.6 is 0 Å². The third-order valence-corrected chi connectivity index (χ3v) is 3.08. The van der Waals surface area contributed by atoms with Gasteiger partial charge in [-0.1, -0.05) is 12.1 Å². The number of nitrogens with one attached hydrogen (secondary N) is 2. The number of benzene rings is 1. The third-order valence-electron chi connectivity index (χ3n) is 3.08. The van der Waals surface area contributed by atoms with Crippen LogP contribution in [0, 0.1) is 16.7 Å². The van der Waals surface area contributed by atoms with Crippen molar-refractivity contribution in [1.29, 1.82) is 10.7 Å². The van der Waals surface area contributed by atoms with E-state index < -0.39 is 5.79 Å². The first-order valence-electron chi connectivity index (χ1n) is 6.10. The van der Waals surface area contributed by atoms with Gasteiger partial charge in [0.2, 0.25) is 0 Å². The van der Waals surface area contributed by atoms with Crippen molar-refractivity contribution in [1.82, 2.24) is 0 Å². The van der Waals surface area contributed by atoms with Crippen LogP contribution in [0.5, 0.6) is 0 Å². The van der Waals surface area contributed by atoms with E-state index in [-0.39, 0.29) is 11.8 Å². The minimum Gasteiger partial charge on any atom is -0.388 e. The van der Waals surface area contributed by atoms with Crippen LogP contribution in [0.1, 0.15) is 31.1 Å². The number of nitriles is 1. The Morgan fingerprint density at radius 1 is 1.53 bits per heavy atom. The predicted octanol–water partition coefficient (Wildman–Crippen LogP) is 2.44. The maximum absolute atomic E-state index is 9.00. The number of hydrogen-bond donors (Lipinski definition) is 2. The molecule has 0 aliphatic carbocycles. The van der Waals surface area contributed by atoms with Crippen molar-refractivity contribution in [2.75, 3.05) is 19.0 Å². The summed E-state index contributed by atoms with van der Waals surface area (Å²) in [6.45, 7) is 4.13. The Morgan fingerprint density at radius 2 is 2.26 bits per heavy atom. The van der Waals surface area contributed by atoms with Gasteiger partial charge in [0, 0.05) is 18.3 Å². The van der Waals surface area contributed by atoms with Gasteiger partial charge in [0.15, 0.2) is 5.79 Å². The van der Waals surface area contributed by atoms with Gasteiger partial charge in [-0.15, -0.1) is 0 Å². The Morgan fingerprint density at radius 3 is 2.79 bits per heavy atom. The van der Waals surface area contributed by atoms with E-state index in [1.54, 1.807) is 7.05 Å². The van der Waals surface area contributed by atoms with E-state index in [9.17, 15) is 0 Å². The monoisotopic (exact) mass is 259 g/mol. The van der Waals surface area contributed by atoms with Gasteiger partial charge in [-0.2, -0.15) is 5.26 Å². The molecule has 1 aliphatic rings. The predicted molar refractivity (Wildman–Crippen MR) is 72.3 cm³/mol. The van der Waals surface area contributed by atoms with Gasteiger partial charge in [-0.05, 0) is 25.5 Å². The van der Waals surface area contributed by atoms with Gasteiger partial charge in [0.25, 0.3) is 0 Å². The molecule has 1 atom stereocenters. The second-order valence-corrected chi connectivity index (χ2v) is 4.82. The second-order valence-electron chi connectivity index (χ2n) is 4.82. The van der Waals surface area contributed by atoms with E-state index in [4.69, 9.17) is 20.1 Å². The summed E-state index contributed by atoms with van der Waals surface area (Å²) in [6, 6.07) is 7.48. The molecule has 0 saturated carbocycles. The molecule has 0 aromatic heterocycles.